The minimum absolute atomic E-state index is 0.0192. The lowest BCUT2D eigenvalue weighted by molar-refractivity contribution is 0.0657. The zero-order valence-corrected chi connectivity index (χ0v) is 17.8. The van der Waals surface area contributed by atoms with Gasteiger partial charge in [0.05, 0.1) is 4.88 Å². The van der Waals surface area contributed by atoms with Gasteiger partial charge in [-0.15, -0.1) is 11.3 Å². The number of thiophene rings is 1. The van der Waals surface area contributed by atoms with Crippen LogP contribution in [0.3, 0.4) is 0 Å². The third-order valence-electron chi connectivity index (χ3n) is 5.67. The van der Waals surface area contributed by atoms with Crippen LogP contribution in [-0.4, -0.2) is 46.9 Å². The summed E-state index contributed by atoms with van der Waals surface area (Å²) < 4.78 is 12.7. The number of aromatic nitrogens is 2. The van der Waals surface area contributed by atoms with Crippen molar-refractivity contribution in [1.82, 2.24) is 14.7 Å². The predicted octanol–water partition coefficient (Wildman–Crippen LogP) is 3.30. The van der Waals surface area contributed by atoms with Gasteiger partial charge in [-0.3, -0.25) is 9.59 Å². The van der Waals surface area contributed by atoms with Crippen LogP contribution in [0.25, 0.3) is 10.6 Å². The molecule has 0 radical (unpaired) electrons. The first kappa shape index (κ1) is 19.8. The number of fused-ring (bicyclic) bond motifs is 1. The molecule has 5 rings (SSSR count). The molecule has 1 amide bonds. The Morgan fingerprint density at radius 2 is 2.00 bits per heavy atom. The Morgan fingerprint density at radius 1 is 1.13 bits per heavy atom. The molecule has 4 heterocycles. The number of nitrogens with zero attached hydrogens (tertiary/aromatic N) is 3. The smallest absolute Gasteiger partial charge is 0.266 e. The Balaban J connectivity index is 1.30. The summed E-state index contributed by atoms with van der Waals surface area (Å²) in [5.41, 5.74) is 1.28. The van der Waals surface area contributed by atoms with E-state index in [1.165, 1.54) is 4.68 Å². The van der Waals surface area contributed by atoms with Crippen LogP contribution in [0.1, 0.15) is 23.2 Å². The lowest BCUT2D eigenvalue weighted by Crippen LogP contribution is -2.42. The van der Waals surface area contributed by atoms with E-state index in [0.717, 1.165) is 23.4 Å². The van der Waals surface area contributed by atoms with E-state index in [-0.39, 0.29) is 17.4 Å². The molecule has 7 nitrogen and oxygen atoms in total. The highest BCUT2D eigenvalue weighted by Gasteiger charge is 2.26. The van der Waals surface area contributed by atoms with Gasteiger partial charge in [0.2, 0.25) is 0 Å². The van der Waals surface area contributed by atoms with Crippen LogP contribution in [0.2, 0.25) is 0 Å². The molecule has 0 aliphatic carbocycles. The first-order valence-electron chi connectivity index (χ1n) is 10.5. The normalized spacial score (nSPS) is 18.1. The van der Waals surface area contributed by atoms with Gasteiger partial charge in [0, 0.05) is 31.3 Å². The molecule has 1 atom stereocenters. The van der Waals surface area contributed by atoms with Crippen LogP contribution in [0.5, 0.6) is 11.5 Å². The summed E-state index contributed by atoms with van der Waals surface area (Å²) in [7, 11) is 0. The van der Waals surface area contributed by atoms with Crippen LogP contribution in [0, 0.1) is 5.92 Å². The molecule has 1 saturated heterocycles. The molecule has 0 spiro atoms. The first-order chi connectivity index (χ1) is 15.2. The second-order valence-electron chi connectivity index (χ2n) is 7.83. The number of ether oxygens (including phenoxy) is 2. The average Bonchev–Trinajstić information content (AvgIpc) is 3.35. The first-order valence-corrected chi connectivity index (χ1v) is 11.4. The Bertz CT molecular complexity index is 1140. The van der Waals surface area contributed by atoms with Crippen molar-refractivity contribution in [2.45, 2.75) is 19.4 Å². The summed E-state index contributed by atoms with van der Waals surface area (Å²) >= 11 is 1.60. The van der Waals surface area contributed by atoms with Crippen molar-refractivity contribution in [3.63, 3.8) is 0 Å². The molecule has 160 valence electrons. The number of carbonyl (C=O) groups excluding carboxylic acids is 1. The fraction of sp³-hybridized carbons (Fsp3) is 0.348. The average molecular weight is 438 g/mol. The number of likely N-dealkylation sites (tertiary alicyclic amines) is 1. The van der Waals surface area contributed by atoms with Crippen molar-refractivity contribution >= 4 is 17.2 Å². The number of benzene rings is 1. The van der Waals surface area contributed by atoms with Gasteiger partial charge in [0.25, 0.3) is 11.5 Å². The van der Waals surface area contributed by atoms with E-state index in [1.807, 2.05) is 22.4 Å². The number of piperidine rings is 1. The third kappa shape index (κ3) is 4.20. The quantitative estimate of drug-likeness (QED) is 0.626. The van der Waals surface area contributed by atoms with E-state index in [0.29, 0.717) is 49.9 Å². The molecule has 2 aliphatic rings. The maximum atomic E-state index is 13.1. The minimum Gasteiger partial charge on any atom is -0.486 e. The van der Waals surface area contributed by atoms with Crippen LogP contribution < -0.4 is 15.0 Å². The maximum Gasteiger partial charge on any atom is 0.266 e. The summed E-state index contributed by atoms with van der Waals surface area (Å²) in [5, 5.41) is 6.56. The number of carbonyl (C=O) groups is 1. The lowest BCUT2D eigenvalue weighted by Gasteiger charge is -2.33. The lowest BCUT2D eigenvalue weighted by atomic mass is 9.97. The molecule has 0 bridgehead atoms. The zero-order chi connectivity index (χ0) is 21.2. The summed E-state index contributed by atoms with van der Waals surface area (Å²) in [4.78, 5) is 28.4. The van der Waals surface area contributed by atoms with E-state index in [4.69, 9.17) is 9.47 Å². The summed E-state index contributed by atoms with van der Waals surface area (Å²) in [6, 6.07) is 12.7. The van der Waals surface area contributed by atoms with Crippen molar-refractivity contribution in [2.24, 2.45) is 5.92 Å². The van der Waals surface area contributed by atoms with Gasteiger partial charge in [0.15, 0.2) is 11.5 Å². The highest BCUT2D eigenvalue weighted by Crippen LogP contribution is 2.31. The van der Waals surface area contributed by atoms with E-state index in [1.54, 1.807) is 41.7 Å². The fourth-order valence-electron chi connectivity index (χ4n) is 4.14. The number of rotatable bonds is 4. The summed E-state index contributed by atoms with van der Waals surface area (Å²) in [6.45, 7) is 2.83. The van der Waals surface area contributed by atoms with Crippen molar-refractivity contribution in [2.75, 3.05) is 26.3 Å². The Kier molecular flexibility index (Phi) is 5.46. The molecule has 8 heteroatoms. The molecule has 2 aliphatic heterocycles. The second kappa shape index (κ2) is 8.55. The predicted molar refractivity (Wildman–Crippen MR) is 118 cm³/mol. The maximum absolute atomic E-state index is 13.1. The van der Waals surface area contributed by atoms with Gasteiger partial charge in [-0.25, -0.2) is 4.68 Å². The summed E-state index contributed by atoms with van der Waals surface area (Å²) in [5.74, 6) is 1.45. The second-order valence-corrected chi connectivity index (χ2v) is 8.78. The third-order valence-corrected chi connectivity index (χ3v) is 6.56. The highest BCUT2D eigenvalue weighted by molar-refractivity contribution is 7.13. The monoisotopic (exact) mass is 437 g/mol. The minimum atomic E-state index is -0.115. The summed E-state index contributed by atoms with van der Waals surface area (Å²) in [6.07, 6.45) is 1.86. The zero-order valence-electron chi connectivity index (χ0n) is 17.0. The molecule has 0 N–H and O–H groups in total. The van der Waals surface area contributed by atoms with Crippen molar-refractivity contribution < 1.29 is 14.3 Å². The van der Waals surface area contributed by atoms with E-state index in [2.05, 4.69) is 5.10 Å². The Morgan fingerprint density at radius 3 is 2.84 bits per heavy atom. The largest absolute Gasteiger partial charge is 0.486 e. The molecular weight excluding hydrogens is 414 g/mol. The van der Waals surface area contributed by atoms with Gasteiger partial charge >= 0.3 is 0 Å². The van der Waals surface area contributed by atoms with Crippen molar-refractivity contribution in [3.05, 3.63) is 63.8 Å². The number of hydrogen-bond donors (Lipinski definition) is 0. The molecule has 2 aromatic heterocycles. The van der Waals surface area contributed by atoms with Gasteiger partial charge in [-0.2, -0.15) is 5.10 Å². The molecule has 3 aromatic rings. The fourth-order valence-corrected chi connectivity index (χ4v) is 4.83. The molecule has 1 fully saturated rings. The van der Waals surface area contributed by atoms with Gasteiger partial charge in [-0.1, -0.05) is 6.07 Å². The Hall–Kier alpha value is -3.13. The van der Waals surface area contributed by atoms with Crippen LogP contribution in [0.15, 0.2) is 52.6 Å². The van der Waals surface area contributed by atoms with Crippen LogP contribution in [-0.2, 0) is 6.54 Å². The highest BCUT2D eigenvalue weighted by atomic mass is 32.1. The Labute approximate surface area is 183 Å². The van der Waals surface area contributed by atoms with Gasteiger partial charge in [-0.05, 0) is 54.5 Å². The number of hydrogen-bond acceptors (Lipinski definition) is 6. The standard InChI is InChI=1S/C23H23N3O4S/c27-22-8-6-18(21-4-2-12-31-21)24-26(22)15-16-3-1-9-25(14-16)23(28)17-5-7-19-20(13-17)30-11-10-29-19/h2,4-8,12-13,16H,1,3,9-11,14-15H2/t16-/m0/s1. The van der Waals surface area contributed by atoms with E-state index < -0.39 is 0 Å². The van der Waals surface area contributed by atoms with Crippen LogP contribution in [0.4, 0.5) is 0 Å². The van der Waals surface area contributed by atoms with E-state index in [9.17, 15) is 9.59 Å². The SMILES string of the molecule is O=C(c1ccc2c(c1)OCCO2)N1CCC[C@H](Cn2nc(-c3cccs3)ccc2=O)C1. The molecule has 0 unspecified atom stereocenters. The molecule has 31 heavy (non-hydrogen) atoms. The molecular formula is C23H23N3O4S. The van der Waals surface area contributed by atoms with E-state index >= 15 is 0 Å². The van der Waals surface area contributed by atoms with Crippen LogP contribution >= 0.6 is 11.3 Å². The topological polar surface area (TPSA) is 73.7 Å². The molecule has 0 saturated carbocycles. The van der Waals surface area contributed by atoms with Crippen molar-refractivity contribution in [3.8, 4) is 22.1 Å². The molecule has 1 aromatic carbocycles. The van der Waals surface area contributed by atoms with Gasteiger partial charge < -0.3 is 14.4 Å². The van der Waals surface area contributed by atoms with Crippen molar-refractivity contribution in [1.29, 1.82) is 0 Å². The van der Waals surface area contributed by atoms with Gasteiger partial charge in [0.1, 0.15) is 18.9 Å². The number of amides is 1.